The quantitative estimate of drug-likeness (QED) is 0.0846. The first kappa shape index (κ1) is 23.6. The summed E-state index contributed by atoms with van der Waals surface area (Å²) < 4.78 is 4.39. The van der Waals surface area contributed by atoms with Crippen molar-refractivity contribution in [1.29, 1.82) is 0 Å². The summed E-state index contributed by atoms with van der Waals surface area (Å²) in [5.74, 6) is -0.104. The summed E-state index contributed by atoms with van der Waals surface area (Å²) in [5.41, 5.74) is 1.49. The average Bonchev–Trinajstić information content (AvgIpc) is 2.91. The average molecular weight is 821 g/mol. The zero-order valence-electron chi connectivity index (χ0n) is 18.4. The highest BCUT2D eigenvalue weighted by Crippen LogP contribution is 2.56. The van der Waals surface area contributed by atoms with E-state index in [4.69, 9.17) is 11.6 Å². The van der Waals surface area contributed by atoms with Crippen molar-refractivity contribution in [1.82, 2.24) is 0 Å². The summed E-state index contributed by atoms with van der Waals surface area (Å²) in [6.45, 7) is 0. The van der Waals surface area contributed by atoms with E-state index < -0.39 is 5.38 Å². The van der Waals surface area contributed by atoms with Gasteiger partial charge in [-0.2, -0.15) is 0 Å². The maximum Gasteiger partial charge on any atom is 0.186 e. The standard InChI is InChI=1S/C30H10Br5ClO/c31-24-15-7-10-3-1-2-4-13(10)14-8-11-5-6-12-9-16-20(26(33)28(35)29(36)30(16)37)22-18(12)17(11)21(19(14)15)23(25(22)32)27(24)34/h1-9,29H. The Kier molecular flexibility index (Phi) is 5.03. The van der Waals surface area contributed by atoms with Crippen molar-refractivity contribution in [2.45, 2.75) is 5.38 Å². The monoisotopic (exact) mass is 816 g/mol. The van der Waals surface area contributed by atoms with Crippen LogP contribution in [0.4, 0.5) is 0 Å². The number of carbonyl (C=O) groups excluding carboxylic acids is 1. The van der Waals surface area contributed by atoms with Gasteiger partial charge >= 0.3 is 0 Å². The molecule has 0 N–H and O–H groups in total. The lowest BCUT2D eigenvalue weighted by Gasteiger charge is -2.26. The predicted molar refractivity (Wildman–Crippen MR) is 176 cm³/mol. The number of ketones is 1. The maximum absolute atomic E-state index is 13.4. The molecule has 1 aliphatic rings. The van der Waals surface area contributed by atoms with Gasteiger partial charge < -0.3 is 0 Å². The van der Waals surface area contributed by atoms with Crippen molar-refractivity contribution in [3.63, 3.8) is 0 Å². The van der Waals surface area contributed by atoms with Crippen LogP contribution in [0.1, 0.15) is 15.9 Å². The zero-order chi connectivity index (χ0) is 25.5. The molecule has 1 nitrogen and oxygen atoms in total. The van der Waals surface area contributed by atoms with Gasteiger partial charge in [0.15, 0.2) is 5.78 Å². The molecule has 0 fully saturated rings. The van der Waals surface area contributed by atoms with Crippen LogP contribution >= 0.6 is 91.3 Å². The number of rotatable bonds is 0. The van der Waals surface area contributed by atoms with Crippen LogP contribution in [0.15, 0.2) is 72.5 Å². The number of allylic oxidation sites excluding steroid dienone is 1. The fourth-order valence-electron chi connectivity index (χ4n) is 6.19. The van der Waals surface area contributed by atoms with Crippen LogP contribution in [-0.4, -0.2) is 11.2 Å². The molecule has 0 aliphatic heterocycles. The first-order chi connectivity index (χ1) is 17.8. The van der Waals surface area contributed by atoms with Gasteiger partial charge in [-0.1, -0.05) is 52.3 Å². The highest BCUT2D eigenvalue weighted by Gasteiger charge is 2.35. The molecule has 0 heterocycles. The van der Waals surface area contributed by atoms with Gasteiger partial charge in [-0.05, 0) is 130 Å². The van der Waals surface area contributed by atoms with Crippen molar-refractivity contribution < 1.29 is 4.79 Å². The Morgan fingerprint density at radius 2 is 1.27 bits per heavy atom. The van der Waals surface area contributed by atoms with Gasteiger partial charge in [-0.25, -0.2) is 0 Å². The van der Waals surface area contributed by atoms with Crippen molar-refractivity contribution >= 4 is 166 Å². The second-order valence-corrected chi connectivity index (χ2v) is 13.9. The molecule has 1 aliphatic carbocycles. The molecule has 0 amide bonds. The molecule has 7 aromatic carbocycles. The summed E-state index contributed by atoms with van der Waals surface area (Å²) in [4.78, 5) is 13.4. The van der Waals surface area contributed by atoms with E-state index in [9.17, 15) is 4.79 Å². The number of halogens is 6. The largest absolute Gasteiger partial charge is 0.292 e. The first-order valence-corrected chi connectivity index (χ1v) is 15.8. The lowest BCUT2D eigenvalue weighted by atomic mass is 9.82. The van der Waals surface area contributed by atoms with E-state index in [1.165, 1.54) is 43.1 Å². The van der Waals surface area contributed by atoms with Crippen molar-refractivity contribution in [2.24, 2.45) is 0 Å². The molecule has 0 saturated carbocycles. The van der Waals surface area contributed by atoms with Gasteiger partial charge in [0.1, 0.15) is 5.38 Å². The SMILES string of the molecule is O=C1c2cc3ccc4cc5c6ccccc6cc6c(Br)c(Br)c7c(Br)c(c2C(Br)=C(Br)C1Cl)c3c4c7c65. The normalized spacial score (nSPS) is 16.6. The topological polar surface area (TPSA) is 17.1 Å². The Bertz CT molecular complexity index is 2230. The lowest BCUT2D eigenvalue weighted by Crippen LogP contribution is -2.21. The molecule has 0 saturated heterocycles. The number of hydrogen-bond acceptors (Lipinski definition) is 1. The van der Waals surface area contributed by atoms with Crippen molar-refractivity contribution in [3.8, 4) is 0 Å². The fraction of sp³-hybridized carbons (Fsp3) is 0.0333. The Balaban J connectivity index is 1.76. The molecule has 7 aromatic rings. The lowest BCUT2D eigenvalue weighted by molar-refractivity contribution is 0.0997. The third-order valence-electron chi connectivity index (χ3n) is 7.71. The first-order valence-electron chi connectivity index (χ1n) is 11.4. The highest BCUT2D eigenvalue weighted by molar-refractivity contribution is 9.16. The van der Waals surface area contributed by atoms with Crippen LogP contribution in [-0.2, 0) is 0 Å². The molecule has 178 valence electrons. The van der Waals surface area contributed by atoms with E-state index in [0.717, 1.165) is 45.0 Å². The molecule has 8 rings (SSSR count). The van der Waals surface area contributed by atoms with Crippen LogP contribution < -0.4 is 0 Å². The molecular weight excluding hydrogens is 811 g/mol. The summed E-state index contributed by atoms with van der Waals surface area (Å²) in [5, 5.41) is 13.1. The second kappa shape index (κ2) is 7.89. The minimum atomic E-state index is -0.757. The molecule has 0 bridgehead atoms. The van der Waals surface area contributed by atoms with E-state index in [1.54, 1.807) is 0 Å². The van der Waals surface area contributed by atoms with Crippen LogP contribution in [0.5, 0.6) is 0 Å². The van der Waals surface area contributed by atoms with Gasteiger partial charge in [0.25, 0.3) is 0 Å². The number of hydrogen-bond donors (Lipinski definition) is 0. The summed E-state index contributed by atoms with van der Waals surface area (Å²) in [7, 11) is 0. The molecule has 0 aromatic heterocycles. The van der Waals surface area contributed by atoms with Crippen LogP contribution in [0.2, 0.25) is 0 Å². The molecule has 0 radical (unpaired) electrons. The van der Waals surface area contributed by atoms with E-state index in [2.05, 4.69) is 128 Å². The Labute approximate surface area is 257 Å². The van der Waals surface area contributed by atoms with E-state index in [1.807, 2.05) is 6.07 Å². The minimum Gasteiger partial charge on any atom is -0.292 e. The van der Waals surface area contributed by atoms with Gasteiger partial charge in [0, 0.05) is 49.7 Å². The van der Waals surface area contributed by atoms with E-state index in [0.29, 0.717) is 10.0 Å². The Morgan fingerprint density at radius 1 is 0.595 bits per heavy atom. The van der Waals surface area contributed by atoms with E-state index >= 15 is 0 Å². The third-order valence-corrected chi connectivity index (χ3v) is 13.5. The second-order valence-electron chi connectivity index (χ2n) is 9.46. The van der Waals surface area contributed by atoms with Gasteiger partial charge in [-0.15, -0.1) is 11.6 Å². The molecule has 1 unspecified atom stereocenters. The number of Topliss-reactive ketones (excluding diaryl/α,β-unsaturated/α-hetero) is 1. The Morgan fingerprint density at radius 3 is 2.05 bits per heavy atom. The van der Waals surface area contributed by atoms with Crippen LogP contribution in [0.25, 0.3) is 69.1 Å². The smallest absolute Gasteiger partial charge is 0.186 e. The summed E-state index contributed by atoms with van der Waals surface area (Å²) in [6.07, 6.45) is 0. The van der Waals surface area contributed by atoms with Gasteiger partial charge in [0.05, 0.1) is 0 Å². The molecule has 7 heteroatoms. The fourth-order valence-corrected chi connectivity index (χ4v) is 9.78. The highest BCUT2D eigenvalue weighted by atomic mass is 79.9. The number of benzene rings is 7. The van der Waals surface area contributed by atoms with Crippen molar-refractivity contribution in [3.05, 3.63) is 83.6 Å². The summed E-state index contributed by atoms with van der Waals surface area (Å²) >= 11 is 25.8. The summed E-state index contributed by atoms with van der Waals surface area (Å²) in [6, 6.07) is 19.4. The zero-order valence-corrected chi connectivity index (χ0v) is 27.1. The maximum atomic E-state index is 13.4. The molecule has 1 atom stereocenters. The molecule has 37 heavy (non-hydrogen) atoms. The predicted octanol–water partition coefficient (Wildman–Crippen LogP) is 12.0. The molecule has 0 spiro atoms. The number of carbonyl (C=O) groups is 1. The Hall–Kier alpha value is -1.28. The van der Waals surface area contributed by atoms with Gasteiger partial charge in [-0.3, -0.25) is 4.79 Å². The van der Waals surface area contributed by atoms with E-state index in [-0.39, 0.29) is 5.78 Å². The van der Waals surface area contributed by atoms with Crippen molar-refractivity contribution in [2.75, 3.05) is 0 Å². The minimum absolute atomic E-state index is 0.104. The van der Waals surface area contributed by atoms with Gasteiger partial charge in [0.2, 0.25) is 0 Å². The number of alkyl halides is 1. The third kappa shape index (κ3) is 2.82. The van der Waals surface area contributed by atoms with Crippen LogP contribution in [0.3, 0.4) is 0 Å². The van der Waals surface area contributed by atoms with Crippen LogP contribution in [0, 0.1) is 0 Å². The molecular formula is C30H10Br5ClO. The number of fused-ring (bicyclic) bond motifs is 4.